The molecule has 0 saturated heterocycles. The second kappa shape index (κ2) is 8.99. The van der Waals surface area contributed by atoms with E-state index >= 15 is 0 Å². The number of carboxylic acids is 1. The van der Waals surface area contributed by atoms with Crippen LogP contribution in [0.25, 0.3) is 0 Å². The second-order valence-electron chi connectivity index (χ2n) is 4.07. The average Bonchev–Trinajstić information content (AvgIpc) is 2.37. The zero-order valence-electron chi connectivity index (χ0n) is 11.7. The number of alkyl halides is 3. The largest absolute Gasteiger partial charge is 0.481 e. The number of esters is 1. The van der Waals surface area contributed by atoms with Crippen molar-refractivity contribution in [1.29, 1.82) is 0 Å². The Morgan fingerprint density at radius 3 is 1.90 bits per heavy atom. The van der Waals surface area contributed by atoms with Crippen molar-refractivity contribution >= 4 is 11.9 Å². The molecule has 0 atom stereocenters. The molecule has 0 aromatic heterocycles. The first kappa shape index (κ1) is 18.9. The normalized spacial score (nSPS) is 10.3. The van der Waals surface area contributed by atoms with Crippen LogP contribution in [0.2, 0.25) is 0 Å². The van der Waals surface area contributed by atoms with Crippen LogP contribution in [0.1, 0.15) is 38.7 Å². The van der Waals surface area contributed by atoms with E-state index in [1.54, 1.807) is 0 Å². The van der Waals surface area contributed by atoms with E-state index in [2.05, 4.69) is 18.6 Å². The Hall–Kier alpha value is -2.05. The number of halogens is 3. The average molecular weight is 306 g/mol. The van der Waals surface area contributed by atoms with Crippen LogP contribution in [0.3, 0.4) is 0 Å². The van der Waals surface area contributed by atoms with E-state index in [1.807, 2.05) is 0 Å². The van der Waals surface area contributed by atoms with Gasteiger partial charge in [-0.25, -0.2) is 0 Å². The molecule has 0 saturated carbocycles. The minimum Gasteiger partial charge on any atom is -0.481 e. The quantitative estimate of drug-likeness (QED) is 0.520. The van der Waals surface area contributed by atoms with Crippen LogP contribution in [0.5, 0.6) is 5.75 Å². The fourth-order valence-corrected chi connectivity index (χ4v) is 1.00. The van der Waals surface area contributed by atoms with Crippen LogP contribution in [-0.2, 0) is 15.8 Å². The Morgan fingerprint density at radius 2 is 1.57 bits per heavy atom. The van der Waals surface area contributed by atoms with Crippen molar-refractivity contribution in [3.63, 3.8) is 0 Å². The number of aliphatic carboxylic acids is 1. The summed E-state index contributed by atoms with van der Waals surface area (Å²) in [6.07, 6.45) is -2.68. The van der Waals surface area contributed by atoms with E-state index in [9.17, 15) is 22.8 Å². The molecule has 0 aliphatic carbocycles. The van der Waals surface area contributed by atoms with E-state index < -0.39 is 30.1 Å². The zero-order chi connectivity index (χ0) is 16.5. The van der Waals surface area contributed by atoms with Gasteiger partial charge in [-0.2, -0.15) is 13.2 Å². The predicted octanol–water partition coefficient (Wildman–Crippen LogP) is 3.89. The second-order valence-corrected chi connectivity index (χ2v) is 4.07. The van der Waals surface area contributed by atoms with E-state index in [-0.39, 0.29) is 5.75 Å². The van der Waals surface area contributed by atoms with Crippen LogP contribution in [0.15, 0.2) is 24.3 Å². The fourth-order valence-electron chi connectivity index (χ4n) is 1.00. The van der Waals surface area contributed by atoms with Crippen molar-refractivity contribution in [3.05, 3.63) is 29.8 Å². The summed E-state index contributed by atoms with van der Waals surface area (Å²) in [4.78, 5) is 21.0. The highest BCUT2D eigenvalue weighted by Gasteiger charge is 2.30. The number of rotatable bonds is 4. The van der Waals surface area contributed by atoms with Crippen LogP contribution >= 0.6 is 0 Å². The Kier molecular flexibility index (Phi) is 8.11. The van der Waals surface area contributed by atoms with Crippen LogP contribution in [0.4, 0.5) is 13.2 Å². The van der Waals surface area contributed by atoms with Gasteiger partial charge >= 0.3 is 18.1 Å². The third-order valence-corrected chi connectivity index (χ3v) is 2.21. The first-order valence-corrected chi connectivity index (χ1v) is 6.30. The summed E-state index contributed by atoms with van der Waals surface area (Å²) in [7, 11) is 0. The molecule has 0 radical (unpaired) electrons. The number of hydrogen-bond acceptors (Lipinski definition) is 3. The van der Waals surface area contributed by atoms with Gasteiger partial charge in [0.25, 0.3) is 0 Å². The van der Waals surface area contributed by atoms with Crippen LogP contribution < -0.4 is 4.74 Å². The summed E-state index contributed by atoms with van der Waals surface area (Å²) < 4.78 is 41.0. The summed E-state index contributed by atoms with van der Waals surface area (Å²) in [6.45, 7) is 4.36. The Labute approximate surface area is 120 Å². The first-order valence-electron chi connectivity index (χ1n) is 6.30. The van der Waals surface area contributed by atoms with Crippen LogP contribution in [-0.4, -0.2) is 17.0 Å². The van der Waals surface area contributed by atoms with E-state index in [4.69, 9.17) is 5.11 Å². The molecule has 0 heterocycles. The van der Waals surface area contributed by atoms with E-state index in [0.29, 0.717) is 0 Å². The van der Waals surface area contributed by atoms with Gasteiger partial charge in [-0.1, -0.05) is 26.7 Å². The van der Waals surface area contributed by atoms with Crippen molar-refractivity contribution in [1.82, 2.24) is 0 Å². The summed E-state index contributed by atoms with van der Waals surface area (Å²) in [5.41, 5.74) is -0.879. The molecule has 4 nitrogen and oxygen atoms in total. The number of carbonyl (C=O) groups excluding carboxylic acids is 1. The van der Waals surface area contributed by atoms with Gasteiger partial charge in [0.05, 0.1) is 5.56 Å². The number of hydrogen-bond donors (Lipinski definition) is 1. The molecule has 21 heavy (non-hydrogen) atoms. The minimum atomic E-state index is -4.47. The molecule has 118 valence electrons. The molecule has 0 amide bonds. The molecule has 0 unspecified atom stereocenters. The molecular weight excluding hydrogens is 289 g/mol. The Morgan fingerprint density at radius 1 is 1.10 bits per heavy atom. The topological polar surface area (TPSA) is 63.6 Å². The molecule has 0 fully saturated rings. The predicted molar refractivity (Wildman–Crippen MR) is 69.9 cm³/mol. The number of unbranched alkanes of at least 4 members (excludes halogenated alkanes) is 1. The first-order chi connectivity index (χ1) is 9.70. The molecule has 0 spiro atoms. The minimum absolute atomic E-state index is 0.135. The lowest BCUT2D eigenvalue weighted by Crippen LogP contribution is -2.13. The summed E-state index contributed by atoms with van der Waals surface area (Å²) in [5.74, 6) is -2.55. The number of benzene rings is 1. The van der Waals surface area contributed by atoms with Gasteiger partial charge in [0.15, 0.2) is 0 Å². The molecule has 7 heteroatoms. The van der Waals surface area contributed by atoms with Crippen molar-refractivity contribution in [3.8, 4) is 5.75 Å². The summed E-state index contributed by atoms with van der Waals surface area (Å²) in [5, 5.41) is 8.26. The number of ether oxygens (including phenoxy) is 1. The van der Waals surface area contributed by atoms with Gasteiger partial charge in [-0.05, 0) is 24.3 Å². The SMILES string of the molecule is CCCC.O=C(O)CC(=O)Oc1ccc(C(F)(F)F)cc1. The van der Waals surface area contributed by atoms with Gasteiger partial charge < -0.3 is 9.84 Å². The monoisotopic (exact) mass is 306 g/mol. The van der Waals surface area contributed by atoms with Gasteiger partial charge in [-0.3, -0.25) is 9.59 Å². The smallest absolute Gasteiger partial charge is 0.416 e. The molecule has 1 aromatic rings. The van der Waals surface area contributed by atoms with Gasteiger partial charge in [-0.15, -0.1) is 0 Å². The molecule has 0 bridgehead atoms. The maximum atomic E-state index is 12.2. The van der Waals surface area contributed by atoms with Crippen molar-refractivity contribution in [2.24, 2.45) is 0 Å². The lowest BCUT2D eigenvalue weighted by atomic mass is 10.2. The number of carboxylic acid groups (broad SMARTS) is 1. The third-order valence-electron chi connectivity index (χ3n) is 2.21. The van der Waals surface area contributed by atoms with Crippen molar-refractivity contribution < 1.29 is 32.6 Å². The van der Waals surface area contributed by atoms with Gasteiger partial charge in [0, 0.05) is 0 Å². The Balaban J connectivity index is 0.000000885. The zero-order valence-corrected chi connectivity index (χ0v) is 11.7. The molecule has 0 aliphatic rings. The van der Waals surface area contributed by atoms with E-state index in [0.717, 1.165) is 24.3 Å². The maximum Gasteiger partial charge on any atom is 0.416 e. The molecule has 1 rings (SSSR count). The molecule has 1 N–H and O–H groups in total. The third kappa shape index (κ3) is 8.67. The highest BCUT2D eigenvalue weighted by atomic mass is 19.4. The van der Waals surface area contributed by atoms with Crippen molar-refractivity contribution in [2.75, 3.05) is 0 Å². The van der Waals surface area contributed by atoms with Crippen LogP contribution in [0, 0.1) is 0 Å². The Bertz CT molecular complexity index is 450. The lowest BCUT2D eigenvalue weighted by molar-refractivity contribution is -0.145. The van der Waals surface area contributed by atoms with Crippen molar-refractivity contribution in [2.45, 2.75) is 39.3 Å². The molecular formula is C14H17F3O4. The highest BCUT2D eigenvalue weighted by molar-refractivity contribution is 5.91. The van der Waals surface area contributed by atoms with Gasteiger partial charge in [0.1, 0.15) is 12.2 Å². The molecule has 0 aliphatic heterocycles. The maximum absolute atomic E-state index is 12.2. The standard InChI is InChI=1S/C10H7F3O4.C4H10/c11-10(12,13)6-1-3-7(4-2-6)17-9(16)5-8(14)15;1-3-4-2/h1-4H,5H2,(H,14,15);3-4H2,1-2H3. The van der Waals surface area contributed by atoms with E-state index in [1.165, 1.54) is 12.8 Å². The lowest BCUT2D eigenvalue weighted by Gasteiger charge is -2.07. The highest BCUT2D eigenvalue weighted by Crippen LogP contribution is 2.30. The summed E-state index contributed by atoms with van der Waals surface area (Å²) in [6, 6.07) is 3.37. The fraction of sp³-hybridized carbons (Fsp3) is 0.429. The number of carbonyl (C=O) groups is 2. The van der Waals surface area contributed by atoms with Gasteiger partial charge in [0.2, 0.25) is 0 Å². The summed E-state index contributed by atoms with van der Waals surface area (Å²) >= 11 is 0. The molecule has 1 aromatic carbocycles.